The van der Waals surface area contributed by atoms with Gasteiger partial charge < -0.3 is 19.2 Å². The van der Waals surface area contributed by atoms with Crippen molar-refractivity contribution in [3.8, 4) is 0 Å². The van der Waals surface area contributed by atoms with Gasteiger partial charge in [0.05, 0.1) is 6.61 Å². The molecule has 1 N–H and O–H groups in total. The topological polar surface area (TPSA) is 47.9 Å². The lowest BCUT2D eigenvalue weighted by Gasteiger charge is -2.07. The lowest BCUT2D eigenvalue weighted by molar-refractivity contribution is -0.127. The monoisotopic (exact) mass is 194 g/mol. The Morgan fingerprint density at radius 1 is 1.43 bits per heavy atom. The Labute approximate surface area is 82.5 Å². The minimum Gasteiger partial charge on any atom is -0.402 e. The predicted octanol–water partition coefficient (Wildman–Crippen LogP) is -0.279. The van der Waals surface area contributed by atoms with Gasteiger partial charge in [-0.2, -0.15) is 0 Å². The van der Waals surface area contributed by atoms with Crippen molar-refractivity contribution in [2.45, 2.75) is 6.29 Å². The second-order valence-electron chi connectivity index (χ2n) is 2.94. The highest BCUT2D eigenvalue weighted by atomic mass is 16.8. The van der Waals surface area contributed by atoms with E-state index in [4.69, 9.17) is 19.2 Å². The van der Waals surface area contributed by atoms with Gasteiger partial charge in [0.2, 0.25) is 0 Å². The Morgan fingerprint density at radius 3 is 2.93 bits per heavy atom. The molecule has 1 heterocycles. The molecule has 4 nitrogen and oxygen atoms in total. The first-order valence-electron chi connectivity index (χ1n) is 4.44. The molecule has 0 amide bonds. The molecule has 5 heteroatoms. The summed E-state index contributed by atoms with van der Waals surface area (Å²) in [6.07, 6.45) is -0.467. The Hall–Kier alpha value is -0.875. The van der Waals surface area contributed by atoms with E-state index in [-0.39, 0.29) is 13.9 Å². The van der Waals surface area contributed by atoms with E-state index in [0.717, 1.165) is 5.46 Å². The second kappa shape index (κ2) is 4.57. The molecule has 1 saturated heterocycles. The zero-order valence-corrected chi connectivity index (χ0v) is 7.63. The van der Waals surface area contributed by atoms with Crippen molar-refractivity contribution in [2.24, 2.45) is 0 Å². The van der Waals surface area contributed by atoms with Crippen LogP contribution in [-0.2, 0) is 14.0 Å². The summed E-state index contributed by atoms with van der Waals surface area (Å²) in [6.45, 7) is -0.00431. The van der Waals surface area contributed by atoms with Gasteiger partial charge in [-0.25, -0.2) is 0 Å². The number of hydrogen-bond acceptors (Lipinski definition) is 4. The van der Waals surface area contributed by atoms with E-state index in [0.29, 0.717) is 6.61 Å². The molecule has 0 saturated carbocycles. The molecule has 1 aromatic carbocycles. The molecule has 0 aliphatic carbocycles. The van der Waals surface area contributed by atoms with Crippen LogP contribution in [0.15, 0.2) is 30.3 Å². The highest BCUT2D eigenvalue weighted by molar-refractivity contribution is 6.61. The minimum atomic E-state index is -0.467. The largest absolute Gasteiger partial charge is 0.495 e. The van der Waals surface area contributed by atoms with Gasteiger partial charge in [0.25, 0.3) is 0 Å². The van der Waals surface area contributed by atoms with Gasteiger partial charge in [-0.3, -0.25) is 0 Å². The van der Waals surface area contributed by atoms with Crippen molar-refractivity contribution in [1.82, 2.24) is 0 Å². The molecule has 1 aliphatic rings. The van der Waals surface area contributed by atoms with Gasteiger partial charge in [0, 0.05) is 0 Å². The van der Waals surface area contributed by atoms with E-state index in [1.165, 1.54) is 0 Å². The van der Waals surface area contributed by atoms with Gasteiger partial charge in [0.15, 0.2) is 6.29 Å². The van der Waals surface area contributed by atoms with Gasteiger partial charge >= 0.3 is 7.12 Å². The molecule has 1 aromatic rings. The Kier molecular flexibility index (Phi) is 3.16. The van der Waals surface area contributed by atoms with Crippen LogP contribution in [0.4, 0.5) is 0 Å². The lowest BCUT2D eigenvalue weighted by atomic mass is 9.80. The molecule has 74 valence electrons. The van der Waals surface area contributed by atoms with E-state index >= 15 is 0 Å². The number of rotatable bonds is 3. The molecule has 0 radical (unpaired) electrons. The third kappa shape index (κ3) is 2.13. The third-order valence-electron chi connectivity index (χ3n) is 1.99. The Bertz CT molecular complexity index is 279. The summed E-state index contributed by atoms with van der Waals surface area (Å²) in [5.41, 5.74) is 0.955. The van der Waals surface area contributed by atoms with E-state index < -0.39 is 6.29 Å². The van der Waals surface area contributed by atoms with E-state index in [1.807, 2.05) is 30.3 Å². The normalized spacial score (nSPS) is 21.5. The van der Waals surface area contributed by atoms with E-state index in [2.05, 4.69) is 0 Å². The van der Waals surface area contributed by atoms with Crippen LogP contribution in [0, 0.1) is 0 Å². The number of ether oxygens (including phenoxy) is 1. The minimum absolute atomic E-state index is 0.347. The predicted molar refractivity (Wildman–Crippen MR) is 50.8 cm³/mol. The highest BCUT2D eigenvalue weighted by Gasteiger charge is 2.33. The number of aliphatic hydroxyl groups is 1. The SMILES string of the molecule is OCOC1COB(c2ccccc2)O1. The fourth-order valence-electron chi connectivity index (χ4n) is 1.34. The molecule has 1 fully saturated rings. The quantitative estimate of drug-likeness (QED) is 0.531. The maximum atomic E-state index is 8.53. The molecule has 0 spiro atoms. The summed E-state index contributed by atoms with van der Waals surface area (Å²) in [4.78, 5) is 0. The van der Waals surface area contributed by atoms with Gasteiger partial charge in [0.1, 0.15) is 6.79 Å². The molecule has 0 aromatic heterocycles. The van der Waals surface area contributed by atoms with Crippen molar-refractivity contribution in [1.29, 1.82) is 0 Å². The van der Waals surface area contributed by atoms with Crippen LogP contribution in [0.5, 0.6) is 0 Å². The second-order valence-corrected chi connectivity index (χ2v) is 2.94. The first-order chi connectivity index (χ1) is 6.90. The van der Waals surface area contributed by atoms with E-state index in [9.17, 15) is 0 Å². The molecule has 1 unspecified atom stereocenters. The van der Waals surface area contributed by atoms with Gasteiger partial charge in [-0.15, -0.1) is 0 Å². The molecular weight excluding hydrogens is 183 g/mol. The van der Waals surface area contributed by atoms with Crippen LogP contribution >= 0.6 is 0 Å². The zero-order chi connectivity index (χ0) is 9.80. The van der Waals surface area contributed by atoms with Crippen molar-refractivity contribution >= 4 is 12.6 Å². The van der Waals surface area contributed by atoms with Crippen molar-refractivity contribution in [2.75, 3.05) is 13.4 Å². The average molecular weight is 194 g/mol. The van der Waals surface area contributed by atoms with Gasteiger partial charge in [-0.1, -0.05) is 30.3 Å². The maximum absolute atomic E-state index is 8.53. The number of benzene rings is 1. The fraction of sp³-hybridized carbons (Fsp3) is 0.333. The summed E-state index contributed by atoms with van der Waals surface area (Å²) in [7, 11) is -0.382. The maximum Gasteiger partial charge on any atom is 0.495 e. The summed E-state index contributed by atoms with van der Waals surface area (Å²) < 4.78 is 15.6. The lowest BCUT2D eigenvalue weighted by Crippen LogP contribution is -2.32. The summed E-state index contributed by atoms with van der Waals surface area (Å²) in [5.74, 6) is 0. The average Bonchev–Trinajstić information content (AvgIpc) is 2.68. The van der Waals surface area contributed by atoms with Crippen molar-refractivity contribution in [3.05, 3.63) is 30.3 Å². The molecule has 2 rings (SSSR count). The first-order valence-corrected chi connectivity index (χ1v) is 4.44. The van der Waals surface area contributed by atoms with E-state index in [1.54, 1.807) is 0 Å². The van der Waals surface area contributed by atoms with Crippen LogP contribution in [-0.4, -0.2) is 31.9 Å². The number of hydrogen-bond donors (Lipinski definition) is 1. The standard InChI is InChI=1S/C9H11BO4/c11-7-12-9-6-13-10(14-9)8-4-2-1-3-5-8/h1-5,9,11H,6-7H2. The molecule has 1 aliphatic heterocycles. The highest BCUT2D eigenvalue weighted by Crippen LogP contribution is 2.09. The van der Waals surface area contributed by atoms with Crippen molar-refractivity contribution < 1.29 is 19.2 Å². The number of aliphatic hydroxyl groups excluding tert-OH is 1. The zero-order valence-electron chi connectivity index (χ0n) is 7.63. The molecule has 0 bridgehead atoms. The Balaban J connectivity index is 1.96. The van der Waals surface area contributed by atoms with Gasteiger partial charge in [-0.05, 0) is 5.46 Å². The Morgan fingerprint density at radius 2 is 2.21 bits per heavy atom. The van der Waals surface area contributed by atoms with Crippen LogP contribution in [0.1, 0.15) is 0 Å². The third-order valence-corrected chi connectivity index (χ3v) is 1.99. The van der Waals surface area contributed by atoms with Crippen LogP contribution in [0.25, 0.3) is 0 Å². The smallest absolute Gasteiger partial charge is 0.402 e. The van der Waals surface area contributed by atoms with Crippen LogP contribution in [0.3, 0.4) is 0 Å². The van der Waals surface area contributed by atoms with Crippen LogP contribution < -0.4 is 5.46 Å². The summed E-state index contributed by atoms with van der Waals surface area (Å²) in [5, 5.41) is 8.53. The molecule has 1 atom stereocenters. The molecule has 14 heavy (non-hydrogen) atoms. The summed E-state index contributed by atoms with van der Waals surface area (Å²) >= 11 is 0. The fourth-order valence-corrected chi connectivity index (χ4v) is 1.34. The first kappa shape index (κ1) is 9.67. The molecular formula is C9H11BO4. The van der Waals surface area contributed by atoms with Crippen molar-refractivity contribution in [3.63, 3.8) is 0 Å². The summed E-state index contributed by atoms with van der Waals surface area (Å²) in [6, 6.07) is 9.61. The van der Waals surface area contributed by atoms with Crippen LogP contribution in [0.2, 0.25) is 0 Å².